The van der Waals surface area contributed by atoms with E-state index in [1.54, 1.807) is 16.7 Å². The normalized spacial score (nSPS) is 27.3. The third-order valence-electron chi connectivity index (χ3n) is 3.92. The first-order valence-electron chi connectivity index (χ1n) is 7.59. The SMILES string of the molecule is CC(C)Nc1nc2cc(Cl)c(Cl)cc2n1[C@H]1O[C@H](CO)[C@H](O)[C@H]1O. The van der Waals surface area contributed by atoms with Crippen LogP contribution in [0.3, 0.4) is 0 Å². The van der Waals surface area contributed by atoms with Gasteiger partial charge in [-0.05, 0) is 26.0 Å². The topological polar surface area (TPSA) is 99.8 Å². The molecule has 9 heteroatoms. The second kappa shape index (κ2) is 6.67. The zero-order valence-electron chi connectivity index (χ0n) is 13.1. The number of imidazole rings is 1. The summed E-state index contributed by atoms with van der Waals surface area (Å²) in [5.41, 5.74) is 1.17. The van der Waals surface area contributed by atoms with Crippen LogP contribution >= 0.6 is 23.2 Å². The predicted octanol–water partition coefficient (Wildman–Crippen LogP) is 1.77. The number of rotatable bonds is 4. The number of aliphatic hydroxyl groups is 3. The van der Waals surface area contributed by atoms with E-state index in [9.17, 15) is 15.3 Å². The highest BCUT2D eigenvalue weighted by molar-refractivity contribution is 6.42. The molecule has 7 nitrogen and oxygen atoms in total. The lowest BCUT2D eigenvalue weighted by molar-refractivity contribution is -0.0499. The molecule has 0 saturated carbocycles. The van der Waals surface area contributed by atoms with E-state index in [1.807, 2.05) is 13.8 Å². The monoisotopic (exact) mass is 375 g/mol. The molecule has 1 saturated heterocycles. The molecule has 1 aromatic carbocycles. The van der Waals surface area contributed by atoms with Gasteiger partial charge in [-0.1, -0.05) is 23.2 Å². The fraction of sp³-hybridized carbons (Fsp3) is 0.533. The van der Waals surface area contributed by atoms with E-state index >= 15 is 0 Å². The van der Waals surface area contributed by atoms with Gasteiger partial charge in [0.05, 0.1) is 27.7 Å². The number of nitrogens with one attached hydrogen (secondary N) is 1. The van der Waals surface area contributed by atoms with Gasteiger partial charge >= 0.3 is 0 Å². The highest BCUT2D eigenvalue weighted by atomic mass is 35.5. The third-order valence-corrected chi connectivity index (χ3v) is 4.64. The third kappa shape index (κ3) is 2.96. The summed E-state index contributed by atoms with van der Waals surface area (Å²) in [6.07, 6.45) is -4.22. The lowest BCUT2D eigenvalue weighted by Gasteiger charge is -2.21. The molecule has 0 bridgehead atoms. The van der Waals surface area contributed by atoms with E-state index in [-0.39, 0.29) is 6.04 Å². The lowest BCUT2D eigenvalue weighted by Crippen LogP contribution is -2.33. The van der Waals surface area contributed by atoms with Gasteiger partial charge in [-0.3, -0.25) is 4.57 Å². The number of nitrogens with zero attached hydrogens (tertiary/aromatic N) is 2. The highest BCUT2D eigenvalue weighted by Gasteiger charge is 2.44. The smallest absolute Gasteiger partial charge is 0.206 e. The molecular weight excluding hydrogens is 357 g/mol. The van der Waals surface area contributed by atoms with Crippen molar-refractivity contribution in [1.82, 2.24) is 9.55 Å². The zero-order valence-corrected chi connectivity index (χ0v) is 14.7. The Morgan fingerprint density at radius 3 is 2.50 bits per heavy atom. The second-order valence-corrected chi connectivity index (χ2v) is 6.90. The largest absolute Gasteiger partial charge is 0.394 e. The minimum absolute atomic E-state index is 0.0728. The van der Waals surface area contributed by atoms with Crippen molar-refractivity contribution in [2.45, 2.75) is 44.4 Å². The highest BCUT2D eigenvalue weighted by Crippen LogP contribution is 2.37. The van der Waals surface area contributed by atoms with Crippen molar-refractivity contribution in [3.05, 3.63) is 22.2 Å². The summed E-state index contributed by atoms with van der Waals surface area (Å²) in [5, 5.41) is 33.6. The van der Waals surface area contributed by atoms with Crippen LogP contribution < -0.4 is 5.32 Å². The number of hydrogen-bond donors (Lipinski definition) is 4. The van der Waals surface area contributed by atoms with Crippen LogP contribution in [0.5, 0.6) is 0 Å². The Kier molecular flexibility index (Phi) is 4.92. The summed E-state index contributed by atoms with van der Waals surface area (Å²) >= 11 is 12.2. The first kappa shape index (κ1) is 17.7. The minimum Gasteiger partial charge on any atom is -0.394 e. The fourth-order valence-corrected chi connectivity index (χ4v) is 3.12. The maximum atomic E-state index is 10.4. The van der Waals surface area contributed by atoms with Crippen LogP contribution in [-0.4, -0.2) is 55.8 Å². The van der Waals surface area contributed by atoms with E-state index in [2.05, 4.69) is 10.3 Å². The average Bonchev–Trinajstić information content (AvgIpc) is 2.97. The quantitative estimate of drug-likeness (QED) is 0.649. The minimum atomic E-state index is -1.22. The lowest BCUT2D eigenvalue weighted by atomic mass is 10.1. The molecule has 24 heavy (non-hydrogen) atoms. The molecule has 0 aliphatic carbocycles. The van der Waals surface area contributed by atoms with Crippen LogP contribution in [0.15, 0.2) is 12.1 Å². The molecule has 1 aliphatic heterocycles. The molecule has 0 radical (unpaired) electrons. The maximum Gasteiger partial charge on any atom is 0.206 e. The molecule has 4 N–H and O–H groups in total. The van der Waals surface area contributed by atoms with Crippen molar-refractivity contribution in [2.24, 2.45) is 0 Å². The fourth-order valence-electron chi connectivity index (χ4n) is 2.80. The van der Waals surface area contributed by atoms with E-state index < -0.39 is 31.1 Å². The molecule has 1 fully saturated rings. The molecule has 2 aromatic rings. The molecule has 1 aromatic heterocycles. The standard InChI is InChI=1S/C15H19Cl2N3O4/c1-6(2)18-15-19-9-3-7(16)8(17)4-10(9)20(15)14-13(23)12(22)11(5-21)24-14/h3-4,6,11-14,21-23H,5H2,1-2H3,(H,18,19)/t11-,12+,13-,14+/m1/s1. The summed E-state index contributed by atoms with van der Waals surface area (Å²) < 4.78 is 7.26. The molecule has 0 unspecified atom stereocenters. The maximum absolute atomic E-state index is 10.4. The van der Waals surface area contributed by atoms with Crippen LogP contribution in [0, 0.1) is 0 Å². The number of aromatic nitrogens is 2. The first-order valence-corrected chi connectivity index (χ1v) is 8.35. The summed E-state index contributed by atoms with van der Waals surface area (Å²) in [6, 6.07) is 3.33. The average molecular weight is 376 g/mol. The van der Waals surface area contributed by atoms with Crippen molar-refractivity contribution in [1.29, 1.82) is 0 Å². The summed E-state index contributed by atoms with van der Waals surface area (Å²) in [7, 11) is 0. The van der Waals surface area contributed by atoms with E-state index in [4.69, 9.17) is 27.9 Å². The van der Waals surface area contributed by atoms with E-state index in [1.165, 1.54) is 0 Å². The van der Waals surface area contributed by atoms with Crippen LogP contribution in [0.2, 0.25) is 10.0 Å². The number of benzene rings is 1. The van der Waals surface area contributed by atoms with Gasteiger partial charge in [0, 0.05) is 6.04 Å². The number of anilines is 1. The van der Waals surface area contributed by atoms with Crippen LogP contribution in [-0.2, 0) is 4.74 Å². The van der Waals surface area contributed by atoms with Gasteiger partial charge in [0.1, 0.15) is 18.3 Å². The summed E-state index contributed by atoms with van der Waals surface area (Å²) in [4.78, 5) is 4.48. The van der Waals surface area contributed by atoms with Gasteiger partial charge in [-0.15, -0.1) is 0 Å². The van der Waals surface area contributed by atoms with Crippen LogP contribution in [0.25, 0.3) is 11.0 Å². The van der Waals surface area contributed by atoms with E-state index in [0.29, 0.717) is 27.0 Å². The second-order valence-electron chi connectivity index (χ2n) is 6.09. The number of aliphatic hydroxyl groups excluding tert-OH is 3. The Labute approximate surface area is 148 Å². The predicted molar refractivity (Wildman–Crippen MR) is 91.5 cm³/mol. The summed E-state index contributed by atoms with van der Waals surface area (Å²) in [5.74, 6) is 0.452. The summed E-state index contributed by atoms with van der Waals surface area (Å²) in [6.45, 7) is 3.49. The van der Waals surface area contributed by atoms with Crippen molar-refractivity contribution in [3.63, 3.8) is 0 Å². The molecule has 3 rings (SSSR count). The Balaban J connectivity index is 2.15. The van der Waals surface area contributed by atoms with Gasteiger partial charge in [0.25, 0.3) is 0 Å². The molecule has 4 atom stereocenters. The molecular formula is C15H19Cl2N3O4. The van der Waals surface area contributed by atoms with Crippen LogP contribution in [0.4, 0.5) is 5.95 Å². The molecule has 1 aliphatic rings. The van der Waals surface area contributed by atoms with Crippen molar-refractivity contribution < 1.29 is 20.1 Å². The van der Waals surface area contributed by atoms with E-state index in [0.717, 1.165) is 0 Å². The number of fused-ring (bicyclic) bond motifs is 1. The van der Waals surface area contributed by atoms with Crippen molar-refractivity contribution in [2.75, 3.05) is 11.9 Å². The Morgan fingerprint density at radius 2 is 1.92 bits per heavy atom. The van der Waals surface area contributed by atoms with Crippen LogP contribution in [0.1, 0.15) is 20.1 Å². The zero-order chi connectivity index (χ0) is 17.6. The van der Waals surface area contributed by atoms with Gasteiger partial charge in [-0.2, -0.15) is 0 Å². The number of halogens is 2. The molecule has 0 amide bonds. The van der Waals surface area contributed by atoms with Crippen molar-refractivity contribution in [3.8, 4) is 0 Å². The van der Waals surface area contributed by atoms with Gasteiger partial charge in [0.15, 0.2) is 6.23 Å². The molecule has 132 valence electrons. The van der Waals surface area contributed by atoms with Gasteiger partial charge < -0.3 is 25.4 Å². The van der Waals surface area contributed by atoms with Crippen molar-refractivity contribution >= 4 is 40.2 Å². The number of ether oxygens (including phenoxy) is 1. The molecule has 2 heterocycles. The molecule has 0 spiro atoms. The number of hydrogen-bond acceptors (Lipinski definition) is 6. The Hall–Kier alpha value is -1.09. The van der Waals surface area contributed by atoms with Gasteiger partial charge in [-0.25, -0.2) is 4.98 Å². The Bertz CT molecular complexity index is 752. The first-order chi connectivity index (χ1) is 11.3. The Morgan fingerprint density at radius 1 is 1.25 bits per heavy atom. The van der Waals surface area contributed by atoms with Gasteiger partial charge in [0.2, 0.25) is 5.95 Å².